The average Bonchev–Trinajstić information content (AvgIpc) is 3.44. The van der Waals surface area contributed by atoms with Crippen LogP contribution in [0, 0.1) is 23.7 Å². The van der Waals surface area contributed by atoms with E-state index in [0.29, 0.717) is 19.3 Å². The number of hydrogen-bond donors (Lipinski definition) is 2. The molecule has 2 fully saturated rings. The number of carbonyl (C=O) groups is 4. The van der Waals surface area contributed by atoms with Gasteiger partial charge in [-0.2, -0.15) is 0 Å². The fourth-order valence-electron chi connectivity index (χ4n) is 4.52. The smallest absolute Gasteiger partial charge is 0.408 e. The number of rotatable bonds is 13. The van der Waals surface area contributed by atoms with Gasteiger partial charge in [0, 0.05) is 5.92 Å². The molecule has 0 bridgehead atoms. The molecule has 6 atom stereocenters. The van der Waals surface area contributed by atoms with Crippen molar-refractivity contribution in [2.75, 3.05) is 19.8 Å². The third-order valence-electron chi connectivity index (χ3n) is 6.38. The molecule has 2 aliphatic rings. The SMILES string of the molecule is C=CCOC(=O)N[C@@]1(C(=O)N[C@H](C(=O)OCC=C)[C@@H](C)CC)CC[C@H]2[C@H](C(=O)OCC=C)[C@H]21. The van der Waals surface area contributed by atoms with E-state index in [1.807, 2.05) is 13.8 Å². The quantitative estimate of drug-likeness (QED) is 0.245. The van der Waals surface area contributed by atoms with Gasteiger partial charge in [0.25, 0.3) is 0 Å². The Morgan fingerprint density at radius 2 is 1.64 bits per heavy atom. The van der Waals surface area contributed by atoms with Crippen LogP contribution in [0.1, 0.15) is 33.1 Å². The number of fused-ring (bicyclic) bond motifs is 1. The lowest BCUT2D eigenvalue weighted by atomic mass is 9.88. The molecule has 0 heterocycles. The molecule has 182 valence electrons. The molecule has 2 amide bonds. The summed E-state index contributed by atoms with van der Waals surface area (Å²) in [4.78, 5) is 51.2. The zero-order valence-electron chi connectivity index (χ0n) is 19.3. The summed E-state index contributed by atoms with van der Waals surface area (Å²) in [5, 5.41) is 5.46. The fraction of sp³-hybridized carbons (Fsp3) is 0.583. The number of ether oxygens (including phenoxy) is 3. The lowest BCUT2D eigenvalue weighted by Crippen LogP contribution is -2.63. The molecular formula is C24H34N2O7. The topological polar surface area (TPSA) is 120 Å². The monoisotopic (exact) mass is 462 g/mol. The molecule has 2 saturated carbocycles. The van der Waals surface area contributed by atoms with Crippen molar-refractivity contribution in [3.05, 3.63) is 38.0 Å². The van der Waals surface area contributed by atoms with Crippen molar-refractivity contribution in [2.24, 2.45) is 23.7 Å². The predicted molar refractivity (Wildman–Crippen MR) is 121 cm³/mol. The zero-order valence-corrected chi connectivity index (χ0v) is 19.3. The molecule has 0 aromatic rings. The van der Waals surface area contributed by atoms with Crippen molar-refractivity contribution >= 4 is 23.9 Å². The summed E-state index contributed by atoms with van der Waals surface area (Å²) in [7, 11) is 0. The number of carbonyl (C=O) groups excluding carboxylic acids is 4. The highest BCUT2D eigenvalue weighted by Crippen LogP contribution is 2.62. The number of hydrogen-bond acceptors (Lipinski definition) is 7. The van der Waals surface area contributed by atoms with Gasteiger partial charge in [0.05, 0.1) is 5.92 Å². The van der Waals surface area contributed by atoms with Gasteiger partial charge in [-0.1, -0.05) is 58.2 Å². The molecule has 2 N–H and O–H groups in total. The van der Waals surface area contributed by atoms with Gasteiger partial charge < -0.3 is 24.8 Å². The van der Waals surface area contributed by atoms with E-state index in [0.717, 1.165) is 0 Å². The normalized spacial score (nSPS) is 26.5. The molecule has 0 aromatic carbocycles. The van der Waals surface area contributed by atoms with E-state index in [1.54, 1.807) is 0 Å². The van der Waals surface area contributed by atoms with Crippen LogP contribution in [0.5, 0.6) is 0 Å². The first kappa shape index (κ1) is 26.2. The molecule has 33 heavy (non-hydrogen) atoms. The van der Waals surface area contributed by atoms with Crippen LogP contribution in [0.2, 0.25) is 0 Å². The zero-order chi connectivity index (χ0) is 24.6. The van der Waals surface area contributed by atoms with Crippen molar-refractivity contribution in [1.82, 2.24) is 10.6 Å². The Bertz CT molecular complexity index is 796. The van der Waals surface area contributed by atoms with Gasteiger partial charge in [0.15, 0.2) is 0 Å². The Morgan fingerprint density at radius 1 is 1.03 bits per heavy atom. The minimum absolute atomic E-state index is 0.0147. The average molecular weight is 463 g/mol. The fourth-order valence-corrected chi connectivity index (χ4v) is 4.52. The minimum Gasteiger partial charge on any atom is -0.461 e. The number of esters is 2. The summed E-state index contributed by atoms with van der Waals surface area (Å²) in [5.74, 6) is -2.90. The summed E-state index contributed by atoms with van der Waals surface area (Å²) in [6, 6.07) is -0.922. The maximum Gasteiger partial charge on any atom is 0.408 e. The number of amides is 2. The van der Waals surface area contributed by atoms with Gasteiger partial charge in [-0.25, -0.2) is 9.59 Å². The first-order valence-electron chi connectivity index (χ1n) is 11.2. The third kappa shape index (κ3) is 5.83. The first-order valence-corrected chi connectivity index (χ1v) is 11.2. The van der Waals surface area contributed by atoms with Crippen LogP contribution in [0.15, 0.2) is 38.0 Å². The second-order valence-electron chi connectivity index (χ2n) is 8.41. The van der Waals surface area contributed by atoms with Crippen molar-refractivity contribution in [3.8, 4) is 0 Å². The van der Waals surface area contributed by atoms with Gasteiger partial charge in [0.2, 0.25) is 5.91 Å². The summed E-state index contributed by atoms with van der Waals surface area (Å²) in [6.45, 7) is 14.3. The Morgan fingerprint density at radius 3 is 2.24 bits per heavy atom. The standard InChI is InChI=1S/C24H34N2O7/c1-6-12-31-20(27)17-16-10-11-24(18(16)17,26-23(30)33-14-8-3)22(29)25-19(15(5)9-4)21(28)32-13-7-2/h6-8,15-19H,1-3,9-14H2,4-5H3,(H,25,29)(H,26,30)/t15-,16-,17-,18-,19-,24-/m0/s1. The maximum absolute atomic E-state index is 13.6. The second-order valence-corrected chi connectivity index (χ2v) is 8.41. The van der Waals surface area contributed by atoms with E-state index in [4.69, 9.17) is 14.2 Å². The van der Waals surface area contributed by atoms with Crippen LogP contribution in [-0.4, -0.2) is 55.3 Å². The van der Waals surface area contributed by atoms with E-state index in [2.05, 4.69) is 30.4 Å². The van der Waals surface area contributed by atoms with Crippen molar-refractivity contribution in [3.63, 3.8) is 0 Å². The summed E-state index contributed by atoms with van der Waals surface area (Å²) < 4.78 is 15.4. The van der Waals surface area contributed by atoms with Crippen LogP contribution in [-0.2, 0) is 28.6 Å². The van der Waals surface area contributed by atoms with Crippen LogP contribution in [0.25, 0.3) is 0 Å². The molecule has 2 aliphatic carbocycles. The van der Waals surface area contributed by atoms with Crippen molar-refractivity contribution in [2.45, 2.75) is 44.7 Å². The Labute approximate surface area is 194 Å². The summed E-state index contributed by atoms with van der Waals surface area (Å²) in [6.07, 6.45) is 4.97. The number of alkyl carbamates (subject to hydrolysis) is 1. The highest BCUT2D eigenvalue weighted by Gasteiger charge is 2.72. The Balaban J connectivity index is 2.28. The molecule has 0 saturated heterocycles. The molecule has 9 heteroatoms. The van der Waals surface area contributed by atoms with E-state index in [-0.39, 0.29) is 31.7 Å². The van der Waals surface area contributed by atoms with E-state index in [1.165, 1.54) is 18.2 Å². The first-order chi connectivity index (χ1) is 15.8. The van der Waals surface area contributed by atoms with E-state index < -0.39 is 47.4 Å². The van der Waals surface area contributed by atoms with Gasteiger partial charge in [-0.15, -0.1) is 0 Å². The highest BCUT2D eigenvalue weighted by atomic mass is 16.6. The Hall–Kier alpha value is -3.10. The van der Waals surface area contributed by atoms with Crippen LogP contribution < -0.4 is 10.6 Å². The largest absolute Gasteiger partial charge is 0.461 e. The van der Waals surface area contributed by atoms with Gasteiger partial charge in [-0.3, -0.25) is 9.59 Å². The minimum atomic E-state index is -1.41. The molecule has 0 unspecified atom stereocenters. The molecule has 9 nitrogen and oxygen atoms in total. The Kier molecular flexibility index (Phi) is 9.25. The van der Waals surface area contributed by atoms with Crippen molar-refractivity contribution in [1.29, 1.82) is 0 Å². The van der Waals surface area contributed by atoms with Gasteiger partial charge in [-0.05, 0) is 24.7 Å². The van der Waals surface area contributed by atoms with Crippen molar-refractivity contribution < 1.29 is 33.4 Å². The molecule has 0 spiro atoms. The number of nitrogens with one attached hydrogen (secondary N) is 2. The molecule has 0 radical (unpaired) electrons. The van der Waals surface area contributed by atoms with E-state index >= 15 is 0 Å². The lowest BCUT2D eigenvalue weighted by molar-refractivity contribution is -0.150. The van der Waals surface area contributed by atoms with Gasteiger partial charge >= 0.3 is 18.0 Å². The predicted octanol–water partition coefficient (Wildman–Crippen LogP) is 2.28. The maximum atomic E-state index is 13.6. The highest BCUT2D eigenvalue weighted by molar-refractivity contribution is 5.96. The summed E-state index contributed by atoms with van der Waals surface area (Å²) in [5.41, 5.74) is -1.41. The van der Waals surface area contributed by atoms with E-state index in [9.17, 15) is 19.2 Å². The van der Waals surface area contributed by atoms with Crippen LogP contribution in [0.3, 0.4) is 0 Å². The molecule has 0 aromatic heterocycles. The van der Waals surface area contributed by atoms with Crippen LogP contribution in [0.4, 0.5) is 4.79 Å². The molecule has 2 rings (SSSR count). The summed E-state index contributed by atoms with van der Waals surface area (Å²) >= 11 is 0. The molecule has 0 aliphatic heterocycles. The molecular weight excluding hydrogens is 428 g/mol. The van der Waals surface area contributed by atoms with Gasteiger partial charge in [0.1, 0.15) is 31.4 Å². The second kappa shape index (κ2) is 11.7. The van der Waals surface area contributed by atoms with Crippen LogP contribution >= 0.6 is 0 Å². The lowest BCUT2D eigenvalue weighted by Gasteiger charge is -2.34. The third-order valence-corrected chi connectivity index (χ3v) is 6.38.